The van der Waals surface area contributed by atoms with Crippen LogP contribution in [0, 0.1) is 6.92 Å². The quantitative estimate of drug-likeness (QED) is 0.860. The number of pyridine rings is 1. The van der Waals surface area contributed by atoms with Crippen molar-refractivity contribution in [2.75, 3.05) is 11.9 Å². The van der Waals surface area contributed by atoms with E-state index in [0.29, 0.717) is 6.54 Å². The molecule has 2 aromatic rings. The van der Waals surface area contributed by atoms with Gasteiger partial charge in [0, 0.05) is 24.6 Å². The highest BCUT2D eigenvalue weighted by Crippen LogP contribution is 2.05. The highest BCUT2D eigenvalue weighted by molar-refractivity contribution is 5.92. The zero-order valence-electron chi connectivity index (χ0n) is 10.9. The Balaban J connectivity index is 1.77. The summed E-state index contributed by atoms with van der Waals surface area (Å²) in [6.07, 6.45) is 3.58. The number of anilines is 1. The molecule has 0 aliphatic carbocycles. The molecule has 0 spiro atoms. The van der Waals surface area contributed by atoms with Crippen LogP contribution in [0.3, 0.4) is 0 Å². The number of benzene rings is 1. The van der Waals surface area contributed by atoms with E-state index < -0.39 is 0 Å². The molecule has 1 amide bonds. The summed E-state index contributed by atoms with van der Waals surface area (Å²) in [6.45, 7) is 2.96. The van der Waals surface area contributed by atoms with Crippen LogP contribution in [-0.2, 0) is 11.3 Å². The van der Waals surface area contributed by atoms with Crippen molar-refractivity contribution in [3.05, 3.63) is 59.9 Å². The van der Waals surface area contributed by atoms with Gasteiger partial charge >= 0.3 is 0 Å². The molecule has 0 bridgehead atoms. The van der Waals surface area contributed by atoms with E-state index in [9.17, 15) is 4.79 Å². The summed E-state index contributed by atoms with van der Waals surface area (Å²) in [5.74, 6) is -0.0436. The Morgan fingerprint density at radius 3 is 2.74 bits per heavy atom. The Morgan fingerprint density at radius 2 is 2.00 bits per heavy atom. The highest BCUT2D eigenvalue weighted by Gasteiger charge is 2.02. The van der Waals surface area contributed by atoms with Gasteiger partial charge in [0.05, 0.1) is 6.54 Å². The lowest BCUT2D eigenvalue weighted by Crippen LogP contribution is -2.27. The summed E-state index contributed by atoms with van der Waals surface area (Å²) < 4.78 is 0. The van der Waals surface area contributed by atoms with E-state index in [0.717, 1.165) is 16.8 Å². The van der Waals surface area contributed by atoms with Crippen LogP contribution in [0.25, 0.3) is 0 Å². The number of carbonyl (C=O) groups excluding carboxylic acids is 1. The minimum atomic E-state index is -0.0436. The molecule has 0 saturated carbocycles. The molecule has 98 valence electrons. The van der Waals surface area contributed by atoms with Crippen molar-refractivity contribution in [3.8, 4) is 0 Å². The first-order valence-electron chi connectivity index (χ1n) is 6.21. The smallest absolute Gasteiger partial charge is 0.238 e. The zero-order valence-corrected chi connectivity index (χ0v) is 10.9. The number of nitrogens with zero attached hydrogens (tertiary/aromatic N) is 1. The fourth-order valence-electron chi connectivity index (χ4n) is 1.74. The Labute approximate surface area is 112 Å². The van der Waals surface area contributed by atoms with Gasteiger partial charge in [-0.1, -0.05) is 18.2 Å². The molecular formula is C15H17N3O. The third-order valence-electron chi connectivity index (χ3n) is 2.80. The lowest BCUT2D eigenvalue weighted by Gasteiger charge is -2.08. The summed E-state index contributed by atoms with van der Waals surface area (Å²) in [4.78, 5) is 15.7. The molecule has 19 heavy (non-hydrogen) atoms. The van der Waals surface area contributed by atoms with Gasteiger partial charge in [-0.3, -0.25) is 9.78 Å². The first kappa shape index (κ1) is 13.2. The molecule has 0 aliphatic rings. The summed E-state index contributed by atoms with van der Waals surface area (Å²) in [5, 5.41) is 5.95. The van der Waals surface area contributed by atoms with Crippen molar-refractivity contribution in [2.45, 2.75) is 13.5 Å². The van der Waals surface area contributed by atoms with Crippen LogP contribution in [0.1, 0.15) is 11.1 Å². The summed E-state index contributed by atoms with van der Waals surface area (Å²) >= 11 is 0. The molecule has 0 unspecified atom stereocenters. The van der Waals surface area contributed by atoms with E-state index in [1.165, 1.54) is 0 Å². The number of nitrogens with one attached hydrogen (secondary N) is 2. The number of amides is 1. The minimum absolute atomic E-state index is 0.0436. The van der Waals surface area contributed by atoms with Gasteiger partial charge in [0.2, 0.25) is 5.91 Å². The molecule has 1 aromatic heterocycles. The summed E-state index contributed by atoms with van der Waals surface area (Å²) in [7, 11) is 0. The van der Waals surface area contributed by atoms with Gasteiger partial charge in [-0.2, -0.15) is 0 Å². The number of para-hydroxylation sites is 1. The number of carbonyl (C=O) groups is 1. The van der Waals surface area contributed by atoms with Crippen molar-refractivity contribution >= 4 is 11.6 Å². The van der Waals surface area contributed by atoms with E-state index in [1.807, 2.05) is 49.5 Å². The third kappa shape index (κ3) is 4.19. The van der Waals surface area contributed by atoms with Gasteiger partial charge in [-0.15, -0.1) is 0 Å². The number of aryl methyl sites for hydroxylation is 1. The molecule has 2 rings (SSSR count). The number of hydrogen-bond acceptors (Lipinski definition) is 3. The Kier molecular flexibility index (Phi) is 4.64. The lowest BCUT2D eigenvalue weighted by molar-refractivity contribution is -0.115. The molecule has 1 heterocycles. The van der Waals surface area contributed by atoms with Gasteiger partial charge in [-0.05, 0) is 36.2 Å². The number of hydrogen-bond donors (Lipinski definition) is 2. The summed E-state index contributed by atoms with van der Waals surface area (Å²) in [5.41, 5.74) is 3.09. The molecule has 1 aromatic carbocycles. The maximum atomic E-state index is 11.7. The topological polar surface area (TPSA) is 54.0 Å². The molecule has 0 atom stereocenters. The number of rotatable bonds is 5. The molecule has 0 radical (unpaired) electrons. The second-order valence-corrected chi connectivity index (χ2v) is 4.32. The second kappa shape index (κ2) is 6.66. The van der Waals surface area contributed by atoms with E-state index in [1.54, 1.807) is 6.20 Å². The summed E-state index contributed by atoms with van der Waals surface area (Å²) in [6, 6.07) is 11.4. The average molecular weight is 255 g/mol. The van der Waals surface area contributed by atoms with E-state index in [2.05, 4.69) is 15.6 Å². The normalized spacial score (nSPS) is 10.2. The maximum Gasteiger partial charge on any atom is 0.238 e. The Hall–Kier alpha value is -2.20. The van der Waals surface area contributed by atoms with Crippen LogP contribution in [0.2, 0.25) is 0 Å². The van der Waals surface area contributed by atoms with Crippen molar-refractivity contribution in [2.24, 2.45) is 0 Å². The molecule has 0 aliphatic heterocycles. The minimum Gasteiger partial charge on any atom is -0.325 e. The average Bonchev–Trinajstić information content (AvgIpc) is 2.42. The van der Waals surface area contributed by atoms with E-state index in [4.69, 9.17) is 0 Å². The number of aromatic nitrogens is 1. The predicted octanol–water partition coefficient (Wildman–Crippen LogP) is 2.12. The van der Waals surface area contributed by atoms with Gasteiger partial charge in [0.1, 0.15) is 0 Å². The molecule has 0 fully saturated rings. The fraction of sp³-hybridized carbons (Fsp3) is 0.200. The van der Waals surface area contributed by atoms with Gasteiger partial charge < -0.3 is 10.6 Å². The van der Waals surface area contributed by atoms with Crippen LogP contribution in [-0.4, -0.2) is 17.4 Å². The van der Waals surface area contributed by atoms with Crippen molar-refractivity contribution in [1.29, 1.82) is 0 Å². The largest absolute Gasteiger partial charge is 0.325 e. The molecule has 4 heteroatoms. The zero-order chi connectivity index (χ0) is 13.5. The molecule has 0 saturated heterocycles. The predicted molar refractivity (Wildman–Crippen MR) is 75.8 cm³/mol. The lowest BCUT2D eigenvalue weighted by atomic mass is 10.1. The van der Waals surface area contributed by atoms with Crippen LogP contribution in [0.4, 0.5) is 5.69 Å². The first-order chi connectivity index (χ1) is 9.25. The van der Waals surface area contributed by atoms with Crippen molar-refractivity contribution in [1.82, 2.24) is 10.3 Å². The molecular weight excluding hydrogens is 238 g/mol. The SMILES string of the molecule is Cc1cnccc1CNCC(=O)Nc1ccccc1. The van der Waals surface area contributed by atoms with Gasteiger partial charge in [0.25, 0.3) is 0 Å². The highest BCUT2D eigenvalue weighted by atomic mass is 16.1. The van der Waals surface area contributed by atoms with Crippen molar-refractivity contribution in [3.63, 3.8) is 0 Å². The van der Waals surface area contributed by atoms with Crippen molar-refractivity contribution < 1.29 is 4.79 Å². The maximum absolute atomic E-state index is 11.7. The van der Waals surface area contributed by atoms with Crippen LogP contribution in [0.5, 0.6) is 0 Å². The molecule has 2 N–H and O–H groups in total. The third-order valence-corrected chi connectivity index (χ3v) is 2.80. The Morgan fingerprint density at radius 1 is 1.21 bits per heavy atom. The monoisotopic (exact) mass is 255 g/mol. The van der Waals surface area contributed by atoms with E-state index in [-0.39, 0.29) is 12.5 Å². The Bertz CT molecular complexity index is 540. The standard InChI is InChI=1S/C15H17N3O/c1-12-9-16-8-7-13(12)10-17-11-15(19)18-14-5-3-2-4-6-14/h2-9,17H,10-11H2,1H3,(H,18,19). The fourth-order valence-corrected chi connectivity index (χ4v) is 1.74. The van der Waals surface area contributed by atoms with Crippen LogP contribution in [0.15, 0.2) is 48.8 Å². The second-order valence-electron chi connectivity index (χ2n) is 4.32. The first-order valence-corrected chi connectivity index (χ1v) is 6.21. The van der Waals surface area contributed by atoms with Gasteiger partial charge in [0.15, 0.2) is 0 Å². The van der Waals surface area contributed by atoms with E-state index >= 15 is 0 Å². The van der Waals surface area contributed by atoms with Crippen LogP contribution < -0.4 is 10.6 Å². The molecule has 4 nitrogen and oxygen atoms in total. The van der Waals surface area contributed by atoms with Gasteiger partial charge in [-0.25, -0.2) is 0 Å². The van der Waals surface area contributed by atoms with Crippen LogP contribution >= 0.6 is 0 Å².